The Bertz CT molecular complexity index is 582. The summed E-state index contributed by atoms with van der Waals surface area (Å²) < 4.78 is 5.76. The number of nitrogens with one attached hydrogen (secondary N) is 2. The van der Waals surface area contributed by atoms with Gasteiger partial charge in [0.25, 0.3) is 0 Å². The second kappa shape index (κ2) is 10.4. The standard InChI is InChI=1S/C20H35N5O/c1-6-26-19-13-16(2)7-8-18(19)15-23-20(21-4)22-14-17(3)25-11-9-24(5)10-12-25/h7-8,13,17H,6,9-12,14-15H2,1-5H3,(H2,21,22,23). The van der Waals surface area contributed by atoms with E-state index >= 15 is 0 Å². The number of ether oxygens (including phenoxy) is 1. The second-order valence-corrected chi connectivity index (χ2v) is 7.04. The molecular formula is C20H35N5O. The Morgan fingerprint density at radius 3 is 2.62 bits per heavy atom. The first-order valence-electron chi connectivity index (χ1n) is 9.63. The molecule has 0 bridgehead atoms. The smallest absolute Gasteiger partial charge is 0.191 e. The van der Waals surface area contributed by atoms with Crippen LogP contribution in [0.3, 0.4) is 0 Å². The molecule has 0 spiro atoms. The average molecular weight is 362 g/mol. The number of aliphatic imine (C=N–C) groups is 1. The molecule has 1 heterocycles. The topological polar surface area (TPSA) is 52.1 Å². The highest BCUT2D eigenvalue weighted by Crippen LogP contribution is 2.20. The first-order valence-corrected chi connectivity index (χ1v) is 9.63. The van der Waals surface area contributed by atoms with Crippen LogP contribution in [0.25, 0.3) is 0 Å². The van der Waals surface area contributed by atoms with E-state index in [0.717, 1.165) is 50.0 Å². The molecular weight excluding hydrogens is 326 g/mol. The molecule has 1 saturated heterocycles. The third-order valence-corrected chi connectivity index (χ3v) is 4.92. The molecule has 0 amide bonds. The molecule has 1 aromatic carbocycles. The summed E-state index contributed by atoms with van der Waals surface area (Å²) in [7, 11) is 4.00. The van der Waals surface area contributed by atoms with Gasteiger partial charge in [-0.05, 0) is 39.4 Å². The lowest BCUT2D eigenvalue weighted by Crippen LogP contribution is -2.52. The van der Waals surface area contributed by atoms with Gasteiger partial charge in [0.15, 0.2) is 5.96 Å². The molecule has 0 saturated carbocycles. The maximum Gasteiger partial charge on any atom is 0.191 e. The summed E-state index contributed by atoms with van der Waals surface area (Å²) in [6.07, 6.45) is 0. The molecule has 1 aliphatic rings. The van der Waals surface area contributed by atoms with Crippen LogP contribution < -0.4 is 15.4 Å². The lowest BCUT2D eigenvalue weighted by molar-refractivity contribution is 0.120. The number of aryl methyl sites for hydroxylation is 1. The molecule has 146 valence electrons. The molecule has 26 heavy (non-hydrogen) atoms. The number of likely N-dealkylation sites (N-methyl/N-ethyl adjacent to an activating group) is 1. The second-order valence-electron chi connectivity index (χ2n) is 7.04. The molecule has 1 unspecified atom stereocenters. The molecule has 0 radical (unpaired) electrons. The minimum absolute atomic E-state index is 0.487. The van der Waals surface area contributed by atoms with E-state index in [1.54, 1.807) is 0 Å². The van der Waals surface area contributed by atoms with Crippen LogP contribution in [0.1, 0.15) is 25.0 Å². The Hall–Kier alpha value is -1.79. The number of hydrogen-bond donors (Lipinski definition) is 2. The van der Waals surface area contributed by atoms with Crippen molar-refractivity contribution in [2.45, 2.75) is 33.4 Å². The van der Waals surface area contributed by atoms with Crippen molar-refractivity contribution in [1.29, 1.82) is 0 Å². The first-order chi connectivity index (χ1) is 12.5. The minimum atomic E-state index is 0.487. The van der Waals surface area contributed by atoms with Gasteiger partial charge in [-0.15, -0.1) is 0 Å². The monoisotopic (exact) mass is 361 g/mol. The van der Waals surface area contributed by atoms with Crippen molar-refractivity contribution in [3.63, 3.8) is 0 Å². The average Bonchev–Trinajstić information content (AvgIpc) is 2.64. The summed E-state index contributed by atoms with van der Waals surface area (Å²) in [6, 6.07) is 6.81. The van der Waals surface area contributed by atoms with E-state index in [9.17, 15) is 0 Å². The Labute approximate surface area is 158 Å². The van der Waals surface area contributed by atoms with Crippen molar-refractivity contribution in [1.82, 2.24) is 20.4 Å². The van der Waals surface area contributed by atoms with Crippen molar-refractivity contribution in [3.8, 4) is 5.75 Å². The predicted octanol–water partition coefficient (Wildman–Crippen LogP) is 1.69. The van der Waals surface area contributed by atoms with Crippen LogP contribution in [0.2, 0.25) is 0 Å². The molecule has 1 aromatic rings. The van der Waals surface area contributed by atoms with E-state index in [1.165, 1.54) is 5.56 Å². The Morgan fingerprint density at radius 1 is 1.23 bits per heavy atom. The fourth-order valence-electron chi connectivity index (χ4n) is 3.13. The molecule has 2 rings (SSSR count). The van der Waals surface area contributed by atoms with E-state index in [1.807, 2.05) is 14.0 Å². The third kappa shape index (κ3) is 6.18. The lowest BCUT2D eigenvalue weighted by Gasteiger charge is -2.36. The zero-order valence-corrected chi connectivity index (χ0v) is 17.0. The molecule has 0 aliphatic carbocycles. The van der Waals surface area contributed by atoms with E-state index < -0.39 is 0 Å². The summed E-state index contributed by atoms with van der Waals surface area (Å²) in [4.78, 5) is 9.27. The van der Waals surface area contributed by atoms with Gasteiger partial charge in [0.05, 0.1) is 6.61 Å². The molecule has 6 nitrogen and oxygen atoms in total. The highest BCUT2D eigenvalue weighted by molar-refractivity contribution is 5.79. The molecule has 1 atom stereocenters. The van der Waals surface area contributed by atoms with Gasteiger partial charge in [-0.3, -0.25) is 9.89 Å². The van der Waals surface area contributed by atoms with Crippen LogP contribution in [0.4, 0.5) is 0 Å². The van der Waals surface area contributed by atoms with Crippen LogP contribution in [0, 0.1) is 6.92 Å². The predicted molar refractivity (Wildman–Crippen MR) is 109 cm³/mol. The summed E-state index contributed by atoms with van der Waals surface area (Å²) >= 11 is 0. The zero-order chi connectivity index (χ0) is 18.9. The van der Waals surface area contributed by atoms with Crippen LogP contribution in [0.15, 0.2) is 23.2 Å². The number of guanidine groups is 1. The minimum Gasteiger partial charge on any atom is -0.494 e. The van der Waals surface area contributed by atoms with Gasteiger partial charge in [0.2, 0.25) is 0 Å². The van der Waals surface area contributed by atoms with Gasteiger partial charge in [0, 0.05) is 57.9 Å². The van der Waals surface area contributed by atoms with Crippen molar-refractivity contribution in [2.24, 2.45) is 4.99 Å². The highest BCUT2D eigenvalue weighted by Gasteiger charge is 2.19. The molecule has 2 N–H and O–H groups in total. The van der Waals surface area contributed by atoms with Crippen molar-refractivity contribution < 1.29 is 4.74 Å². The normalized spacial score (nSPS) is 17.8. The number of benzene rings is 1. The Balaban J connectivity index is 1.82. The first kappa shape index (κ1) is 20.5. The van der Waals surface area contributed by atoms with Gasteiger partial charge >= 0.3 is 0 Å². The number of rotatable bonds is 7. The number of piperazine rings is 1. The van der Waals surface area contributed by atoms with Crippen molar-refractivity contribution >= 4 is 5.96 Å². The third-order valence-electron chi connectivity index (χ3n) is 4.92. The summed E-state index contributed by atoms with van der Waals surface area (Å²) in [5.74, 6) is 1.77. The highest BCUT2D eigenvalue weighted by atomic mass is 16.5. The molecule has 1 fully saturated rings. The summed E-state index contributed by atoms with van der Waals surface area (Å²) in [5.41, 5.74) is 2.35. The van der Waals surface area contributed by atoms with Crippen molar-refractivity contribution in [2.75, 3.05) is 53.4 Å². The van der Waals surface area contributed by atoms with Crippen LogP contribution in [-0.2, 0) is 6.54 Å². The number of nitrogens with zero attached hydrogens (tertiary/aromatic N) is 3. The SMILES string of the molecule is CCOc1cc(C)ccc1CNC(=NC)NCC(C)N1CCN(C)CC1. The van der Waals surface area contributed by atoms with Gasteiger partial charge in [-0.25, -0.2) is 0 Å². The fourth-order valence-corrected chi connectivity index (χ4v) is 3.13. The molecule has 1 aliphatic heterocycles. The van der Waals surface area contributed by atoms with Crippen molar-refractivity contribution in [3.05, 3.63) is 29.3 Å². The quantitative estimate of drug-likeness (QED) is 0.572. The van der Waals surface area contributed by atoms with E-state index in [2.05, 4.69) is 64.5 Å². The molecule has 6 heteroatoms. The van der Waals surface area contributed by atoms with Gasteiger partial charge in [0.1, 0.15) is 5.75 Å². The van der Waals surface area contributed by atoms with Crippen LogP contribution >= 0.6 is 0 Å². The Kier molecular flexibility index (Phi) is 8.19. The van der Waals surface area contributed by atoms with Gasteiger partial charge in [-0.1, -0.05) is 12.1 Å². The summed E-state index contributed by atoms with van der Waals surface area (Å²) in [5, 5.41) is 6.86. The maximum absolute atomic E-state index is 5.76. The maximum atomic E-state index is 5.76. The zero-order valence-electron chi connectivity index (χ0n) is 17.0. The fraction of sp³-hybridized carbons (Fsp3) is 0.650. The van der Waals surface area contributed by atoms with E-state index in [0.29, 0.717) is 19.2 Å². The number of hydrogen-bond acceptors (Lipinski definition) is 4. The largest absolute Gasteiger partial charge is 0.494 e. The Morgan fingerprint density at radius 2 is 1.96 bits per heavy atom. The van der Waals surface area contributed by atoms with Gasteiger partial charge in [-0.2, -0.15) is 0 Å². The molecule has 0 aromatic heterocycles. The van der Waals surface area contributed by atoms with Gasteiger partial charge < -0.3 is 20.3 Å². The summed E-state index contributed by atoms with van der Waals surface area (Å²) in [6.45, 7) is 13.2. The van der Waals surface area contributed by atoms with Crippen LogP contribution in [-0.4, -0.2) is 75.2 Å². The van der Waals surface area contributed by atoms with E-state index in [-0.39, 0.29) is 0 Å². The lowest BCUT2D eigenvalue weighted by atomic mass is 10.1. The van der Waals surface area contributed by atoms with Crippen LogP contribution in [0.5, 0.6) is 5.75 Å². The van der Waals surface area contributed by atoms with E-state index in [4.69, 9.17) is 4.74 Å².